The van der Waals surface area contributed by atoms with E-state index in [0.717, 1.165) is 36.8 Å². The molecule has 1 amide bonds. The van der Waals surface area contributed by atoms with Crippen LogP contribution in [0.5, 0.6) is 0 Å². The van der Waals surface area contributed by atoms with E-state index in [1.807, 2.05) is 24.3 Å². The van der Waals surface area contributed by atoms with Crippen molar-refractivity contribution in [2.45, 2.75) is 19.3 Å². The predicted octanol–water partition coefficient (Wildman–Crippen LogP) is 2.91. The van der Waals surface area contributed by atoms with E-state index >= 15 is 0 Å². The van der Waals surface area contributed by atoms with E-state index in [4.69, 9.17) is 0 Å². The normalized spacial score (nSPS) is 15.2. The Morgan fingerprint density at radius 3 is 2.43 bits per heavy atom. The van der Waals surface area contributed by atoms with Crippen molar-refractivity contribution in [3.63, 3.8) is 0 Å². The molecule has 0 spiro atoms. The second-order valence-electron chi connectivity index (χ2n) is 7.06. The number of nitrogens with zero attached hydrogens (tertiary/aromatic N) is 3. The maximum Gasteiger partial charge on any atom is 0.433 e. The van der Waals surface area contributed by atoms with Crippen molar-refractivity contribution >= 4 is 11.7 Å². The second kappa shape index (κ2) is 8.18. The minimum absolute atomic E-state index is 0.0675. The van der Waals surface area contributed by atoms with Gasteiger partial charge in [-0.05, 0) is 23.3 Å². The van der Waals surface area contributed by atoms with Crippen molar-refractivity contribution in [1.82, 2.24) is 15.2 Å². The van der Waals surface area contributed by atoms with Gasteiger partial charge in [0.2, 0.25) is 5.91 Å². The Balaban J connectivity index is 1.55. The van der Waals surface area contributed by atoms with Crippen LogP contribution in [0.4, 0.5) is 19.0 Å². The second-order valence-corrected chi connectivity index (χ2v) is 7.06. The maximum absolute atomic E-state index is 12.8. The zero-order chi connectivity index (χ0) is 20.3. The topological polar surface area (TPSA) is 48.5 Å². The van der Waals surface area contributed by atoms with E-state index in [1.165, 1.54) is 6.07 Å². The van der Waals surface area contributed by atoms with Crippen LogP contribution in [0.3, 0.4) is 0 Å². The molecule has 1 aliphatic heterocycles. The SMILES string of the molecule is CNC(=O)C1CN(Cc2ccc(CN(C)c3cccc(C(F)(F)F)n3)cc2)C1. The number of carbonyl (C=O) groups excluding carboxylic acids is 1. The number of pyridine rings is 1. The van der Waals surface area contributed by atoms with Crippen LogP contribution in [0.25, 0.3) is 0 Å². The van der Waals surface area contributed by atoms with Gasteiger partial charge in [0.25, 0.3) is 0 Å². The summed E-state index contributed by atoms with van der Waals surface area (Å²) in [7, 11) is 3.37. The first kappa shape index (κ1) is 20.1. The summed E-state index contributed by atoms with van der Waals surface area (Å²) in [6, 6.07) is 11.9. The summed E-state index contributed by atoms with van der Waals surface area (Å²) < 4.78 is 38.5. The van der Waals surface area contributed by atoms with Gasteiger partial charge < -0.3 is 10.2 Å². The fourth-order valence-electron chi connectivity index (χ4n) is 3.23. The minimum Gasteiger partial charge on any atom is -0.359 e. The molecule has 1 N–H and O–H groups in total. The van der Waals surface area contributed by atoms with Gasteiger partial charge in [-0.15, -0.1) is 0 Å². The summed E-state index contributed by atoms with van der Waals surface area (Å²) >= 11 is 0. The fraction of sp³-hybridized carbons (Fsp3) is 0.400. The smallest absolute Gasteiger partial charge is 0.359 e. The number of anilines is 1. The molecule has 2 aromatic rings. The Bertz CT molecular complexity index is 817. The van der Waals surface area contributed by atoms with Gasteiger partial charge in [-0.3, -0.25) is 9.69 Å². The first-order chi connectivity index (χ1) is 13.3. The van der Waals surface area contributed by atoms with E-state index in [2.05, 4.69) is 15.2 Å². The lowest BCUT2D eigenvalue weighted by Crippen LogP contribution is -2.52. The van der Waals surface area contributed by atoms with Crippen molar-refractivity contribution in [3.8, 4) is 0 Å². The van der Waals surface area contributed by atoms with Crippen LogP contribution >= 0.6 is 0 Å². The van der Waals surface area contributed by atoms with Gasteiger partial charge in [0.15, 0.2) is 0 Å². The first-order valence-corrected chi connectivity index (χ1v) is 9.03. The molecular formula is C20H23F3N4O. The number of amides is 1. The highest BCUT2D eigenvalue weighted by Crippen LogP contribution is 2.29. The van der Waals surface area contributed by atoms with Crippen LogP contribution in [0.1, 0.15) is 16.8 Å². The third-order valence-corrected chi connectivity index (χ3v) is 4.84. The number of alkyl halides is 3. The molecule has 0 aliphatic carbocycles. The lowest BCUT2D eigenvalue weighted by Gasteiger charge is -2.38. The third kappa shape index (κ3) is 4.81. The van der Waals surface area contributed by atoms with Gasteiger partial charge >= 0.3 is 6.18 Å². The molecule has 3 rings (SSSR count). The van der Waals surface area contributed by atoms with Gasteiger partial charge in [-0.2, -0.15) is 13.2 Å². The fourth-order valence-corrected chi connectivity index (χ4v) is 3.23. The predicted molar refractivity (Wildman–Crippen MR) is 101 cm³/mol. The summed E-state index contributed by atoms with van der Waals surface area (Å²) in [6.45, 7) is 2.74. The van der Waals surface area contributed by atoms with Crippen molar-refractivity contribution in [1.29, 1.82) is 0 Å². The number of halogens is 3. The van der Waals surface area contributed by atoms with Crippen LogP contribution in [-0.2, 0) is 24.1 Å². The Kier molecular flexibility index (Phi) is 5.88. The number of likely N-dealkylation sites (tertiary alicyclic amines) is 1. The number of hydrogen-bond donors (Lipinski definition) is 1. The number of aromatic nitrogens is 1. The van der Waals surface area contributed by atoms with Crippen LogP contribution in [0.2, 0.25) is 0 Å². The Labute approximate surface area is 162 Å². The Hall–Kier alpha value is -2.61. The Morgan fingerprint density at radius 2 is 1.82 bits per heavy atom. The quantitative estimate of drug-likeness (QED) is 0.821. The van der Waals surface area contributed by atoms with E-state index < -0.39 is 11.9 Å². The number of hydrogen-bond acceptors (Lipinski definition) is 4. The number of rotatable bonds is 6. The summed E-state index contributed by atoms with van der Waals surface area (Å²) in [5.41, 5.74) is 1.23. The van der Waals surface area contributed by atoms with E-state index in [9.17, 15) is 18.0 Å². The summed E-state index contributed by atoms with van der Waals surface area (Å²) in [6.07, 6.45) is -4.45. The molecule has 0 saturated carbocycles. The van der Waals surface area contributed by atoms with E-state index in [1.54, 1.807) is 25.1 Å². The highest BCUT2D eigenvalue weighted by molar-refractivity contribution is 5.79. The minimum atomic E-state index is -4.45. The molecule has 150 valence electrons. The molecule has 1 aromatic heterocycles. The van der Waals surface area contributed by atoms with Gasteiger partial charge in [0.1, 0.15) is 11.5 Å². The van der Waals surface area contributed by atoms with Crippen molar-refractivity contribution in [2.75, 3.05) is 32.1 Å². The number of nitrogens with one attached hydrogen (secondary N) is 1. The maximum atomic E-state index is 12.8. The molecule has 0 bridgehead atoms. The molecule has 2 heterocycles. The average molecular weight is 392 g/mol. The summed E-state index contributed by atoms with van der Waals surface area (Å²) in [5, 5.41) is 2.66. The molecule has 0 unspecified atom stereocenters. The van der Waals surface area contributed by atoms with Gasteiger partial charge in [-0.1, -0.05) is 30.3 Å². The monoisotopic (exact) mass is 392 g/mol. The van der Waals surface area contributed by atoms with Crippen LogP contribution in [0.15, 0.2) is 42.5 Å². The van der Waals surface area contributed by atoms with Crippen molar-refractivity contribution in [2.24, 2.45) is 5.92 Å². The summed E-state index contributed by atoms with van der Waals surface area (Å²) in [5.74, 6) is 0.426. The molecule has 1 saturated heterocycles. The molecule has 8 heteroatoms. The molecule has 5 nitrogen and oxygen atoms in total. The van der Waals surface area contributed by atoms with Crippen LogP contribution in [0, 0.1) is 5.92 Å². The lowest BCUT2D eigenvalue weighted by atomic mass is 9.98. The standard InChI is InChI=1S/C20H23F3N4O/c1-24-19(28)16-12-27(13-16)11-15-8-6-14(7-9-15)10-26(2)18-5-3-4-17(25-18)20(21,22)23/h3-9,16H,10-13H2,1-2H3,(H,24,28). The first-order valence-electron chi connectivity index (χ1n) is 9.03. The van der Waals surface area contributed by atoms with Crippen molar-refractivity contribution in [3.05, 3.63) is 59.3 Å². The molecular weight excluding hydrogens is 369 g/mol. The lowest BCUT2D eigenvalue weighted by molar-refractivity contribution is -0.141. The third-order valence-electron chi connectivity index (χ3n) is 4.84. The van der Waals surface area contributed by atoms with Gasteiger partial charge in [0.05, 0.1) is 5.92 Å². The van der Waals surface area contributed by atoms with E-state index in [-0.39, 0.29) is 17.6 Å². The number of carbonyl (C=O) groups is 1. The van der Waals surface area contributed by atoms with Crippen LogP contribution < -0.4 is 10.2 Å². The van der Waals surface area contributed by atoms with Crippen molar-refractivity contribution < 1.29 is 18.0 Å². The van der Waals surface area contributed by atoms with E-state index in [0.29, 0.717) is 6.54 Å². The van der Waals surface area contributed by atoms with Crippen LogP contribution in [-0.4, -0.2) is 43.0 Å². The molecule has 1 aromatic carbocycles. The molecule has 28 heavy (non-hydrogen) atoms. The highest BCUT2D eigenvalue weighted by Gasteiger charge is 2.33. The largest absolute Gasteiger partial charge is 0.433 e. The molecule has 1 aliphatic rings. The zero-order valence-electron chi connectivity index (χ0n) is 15.8. The van der Waals surface area contributed by atoms with Gasteiger partial charge in [-0.25, -0.2) is 4.98 Å². The molecule has 0 radical (unpaired) electrons. The van der Waals surface area contributed by atoms with Gasteiger partial charge in [0, 0.05) is 40.3 Å². The zero-order valence-corrected chi connectivity index (χ0v) is 15.8. The highest BCUT2D eigenvalue weighted by atomic mass is 19.4. The number of benzene rings is 1. The summed E-state index contributed by atoms with van der Waals surface area (Å²) in [4.78, 5) is 19.1. The average Bonchev–Trinajstić information content (AvgIpc) is 2.64. The molecule has 1 fully saturated rings. The Morgan fingerprint density at radius 1 is 1.18 bits per heavy atom. The molecule has 0 atom stereocenters.